The molecule has 0 aliphatic heterocycles. The van der Waals surface area contributed by atoms with Gasteiger partial charge < -0.3 is 15.2 Å². The van der Waals surface area contributed by atoms with Crippen molar-refractivity contribution in [3.8, 4) is 11.5 Å². The molecule has 0 saturated carbocycles. The smallest absolute Gasteiger partial charge is 0.257 e. The van der Waals surface area contributed by atoms with Crippen LogP contribution in [0.25, 0.3) is 0 Å². The summed E-state index contributed by atoms with van der Waals surface area (Å²) in [6.45, 7) is 2.43. The molecule has 0 aliphatic carbocycles. The first-order valence-corrected chi connectivity index (χ1v) is 6.88. The van der Waals surface area contributed by atoms with Crippen molar-refractivity contribution in [2.45, 2.75) is 13.3 Å². The van der Waals surface area contributed by atoms with Gasteiger partial charge in [-0.15, -0.1) is 0 Å². The van der Waals surface area contributed by atoms with Crippen LogP contribution in [0.4, 0.5) is 0 Å². The molecule has 2 aromatic rings. The molecule has 0 spiro atoms. The lowest BCUT2D eigenvalue weighted by Gasteiger charge is -2.08. The van der Waals surface area contributed by atoms with Gasteiger partial charge in [-0.25, -0.2) is 0 Å². The van der Waals surface area contributed by atoms with Crippen LogP contribution >= 0.6 is 0 Å². The molecular weight excluding hydrogens is 266 g/mol. The fraction of sp³-hybridized carbons (Fsp3) is 0.235. The summed E-state index contributed by atoms with van der Waals surface area (Å²) in [5.74, 6) is 0.764. The van der Waals surface area contributed by atoms with E-state index in [1.165, 1.54) is 0 Å². The number of phenols is 1. The number of para-hydroxylation sites is 1. The summed E-state index contributed by atoms with van der Waals surface area (Å²) in [5.41, 5.74) is 1.91. The van der Waals surface area contributed by atoms with Crippen LogP contribution in [0.2, 0.25) is 0 Å². The monoisotopic (exact) mass is 285 g/mol. The molecule has 0 bridgehead atoms. The second-order valence-electron chi connectivity index (χ2n) is 4.83. The average molecular weight is 285 g/mol. The highest BCUT2D eigenvalue weighted by atomic mass is 16.5. The van der Waals surface area contributed by atoms with Crippen molar-refractivity contribution in [2.75, 3.05) is 13.2 Å². The highest BCUT2D eigenvalue weighted by molar-refractivity contribution is 5.77. The van der Waals surface area contributed by atoms with Gasteiger partial charge in [-0.3, -0.25) is 4.79 Å². The molecule has 0 atom stereocenters. The molecule has 110 valence electrons. The minimum absolute atomic E-state index is 0.00970. The Hall–Kier alpha value is -2.49. The van der Waals surface area contributed by atoms with Crippen LogP contribution in [0.15, 0.2) is 48.5 Å². The second kappa shape index (κ2) is 7.33. The van der Waals surface area contributed by atoms with Crippen molar-refractivity contribution >= 4 is 5.91 Å². The normalized spacial score (nSPS) is 10.1. The number of aryl methyl sites for hydroxylation is 1. The van der Waals surface area contributed by atoms with Crippen molar-refractivity contribution < 1.29 is 14.6 Å². The van der Waals surface area contributed by atoms with E-state index < -0.39 is 0 Å². The van der Waals surface area contributed by atoms with Gasteiger partial charge in [0.05, 0.1) is 0 Å². The van der Waals surface area contributed by atoms with Crippen LogP contribution in [0.1, 0.15) is 11.1 Å². The Morgan fingerprint density at radius 3 is 2.76 bits per heavy atom. The van der Waals surface area contributed by atoms with E-state index in [9.17, 15) is 9.90 Å². The number of hydrogen-bond donors (Lipinski definition) is 2. The van der Waals surface area contributed by atoms with Gasteiger partial charge in [-0.2, -0.15) is 0 Å². The van der Waals surface area contributed by atoms with Gasteiger partial charge in [0, 0.05) is 6.54 Å². The standard InChI is InChI=1S/C17H19NO3/c1-13-5-4-7-15(11-13)21-12-17(20)18-10-9-14-6-2-3-8-16(14)19/h2-8,11,19H,9-10,12H2,1H3,(H,18,20). The number of hydrogen-bond acceptors (Lipinski definition) is 3. The number of ether oxygens (including phenoxy) is 1. The third-order valence-electron chi connectivity index (χ3n) is 3.07. The number of phenolic OH excluding ortho intramolecular Hbond substituents is 1. The Balaban J connectivity index is 1.72. The highest BCUT2D eigenvalue weighted by Gasteiger charge is 2.04. The summed E-state index contributed by atoms with van der Waals surface area (Å²) in [5, 5.41) is 12.4. The van der Waals surface area contributed by atoms with Crippen LogP contribution in [0, 0.1) is 6.92 Å². The van der Waals surface area contributed by atoms with E-state index in [1.54, 1.807) is 12.1 Å². The first-order valence-electron chi connectivity index (χ1n) is 6.88. The summed E-state index contributed by atoms with van der Waals surface area (Å²) in [7, 11) is 0. The lowest BCUT2D eigenvalue weighted by molar-refractivity contribution is -0.123. The number of benzene rings is 2. The van der Waals surface area contributed by atoms with Crippen molar-refractivity contribution in [1.82, 2.24) is 5.32 Å². The molecule has 1 amide bonds. The maximum atomic E-state index is 11.7. The zero-order chi connectivity index (χ0) is 15.1. The number of rotatable bonds is 6. The van der Waals surface area contributed by atoms with Crippen molar-refractivity contribution in [3.05, 3.63) is 59.7 Å². The maximum absolute atomic E-state index is 11.7. The number of nitrogens with one attached hydrogen (secondary N) is 1. The molecule has 0 aromatic heterocycles. The number of amides is 1. The molecule has 2 aromatic carbocycles. The summed E-state index contributed by atoms with van der Waals surface area (Å²) in [6, 6.07) is 14.7. The topological polar surface area (TPSA) is 58.6 Å². The van der Waals surface area contributed by atoms with E-state index in [4.69, 9.17) is 4.74 Å². The average Bonchev–Trinajstić information content (AvgIpc) is 2.47. The molecule has 4 heteroatoms. The van der Waals surface area contributed by atoms with Gasteiger partial charge in [0.1, 0.15) is 11.5 Å². The molecular formula is C17H19NO3. The van der Waals surface area contributed by atoms with Crippen LogP contribution in [-0.4, -0.2) is 24.2 Å². The van der Waals surface area contributed by atoms with E-state index in [2.05, 4.69) is 5.32 Å². The summed E-state index contributed by atoms with van der Waals surface area (Å²) in [6.07, 6.45) is 0.586. The predicted octanol–water partition coefficient (Wildman–Crippen LogP) is 2.44. The molecule has 0 radical (unpaired) electrons. The Labute approximate surface area is 124 Å². The fourth-order valence-corrected chi connectivity index (χ4v) is 1.96. The lowest BCUT2D eigenvalue weighted by atomic mass is 10.1. The minimum Gasteiger partial charge on any atom is -0.508 e. The summed E-state index contributed by atoms with van der Waals surface area (Å²) in [4.78, 5) is 11.7. The highest BCUT2D eigenvalue weighted by Crippen LogP contribution is 2.15. The van der Waals surface area contributed by atoms with E-state index in [-0.39, 0.29) is 18.3 Å². The fourth-order valence-electron chi connectivity index (χ4n) is 1.96. The van der Waals surface area contributed by atoms with E-state index >= 15 is 0 Å². The molecule has 0 saturated heterocycles. The molecule has 4 nitrogen and oxygen atoms in total. The van der Waals surface area contributed by atoms with Gasteiger partial charge in [-0.1, -0.05) is 30.3 Å². The Morgan fingerprint density at radius 2 is 2.00 bits per heavy atom. The van der Waals surface area contributed by atoms with Crippen LogP contribution in [0.5, 0.6) is 11.5 Å². The molecule has 0 aliphatic rings. The molecule has 0 fully saturated rings. The SMILES string of the molecule is Cc1cccc(OCC(=O)NCCc2ccccc2O)c1. The number of aromatic hydroxyl groups is 1. The summed E-state index contributed by atoms with van der Waals surface area (Å²) >= 11 is 0. The minimum atomic E-state index is -0.174. The molecule has 0 heterocycles. The molecule has 2 rings (SSSR count). The first kappa shape index (κ1) is 14.9. The zero-order valence-corrected chi connectivity index (χ0v) is 12.0. The Morgan fingerprint density at radius 1 is 1.19 bits per heavy atom. The quantitative estimate of drug-likeness (QED) is 0.857. The Bertz CT molecular complexity index is 610. The maximum Gasteiger partial charge on any atom is 0.257 e. The number of carbonyl (C=O) groups is 1. The van der Waals surface area contributed by atoms with E-state index in [1.807, 2.05) is 43.3 Å². The number of carbonyl (C=O) groups excluding carboxylic acids is 1. The second-order valence-corrected chi connectivity index (χ2v) is 4.83. The van der Waals surface area contributed by atoms with E-state index in [0.717, 1.165) is 11.1 Å². The third kappa shape index (κ3) is 4.84. The van der Waals surface area contributed by atoms with Gasteiger partial charge in [0.25, 0.3) is 5.91 Å². The molecule has 0 unspecified atom stereocenters. The lowest BCUT2D eigenvalue weighted by Crippen LogP contribution is -2.30. The predicted molar refractivity (Wildman–Crippen MR) is 81.5 cm³/mol. The van der Waals surface area contributed by atoms with Gasteiger partial charge in [-0.05, 0) is 42.7 Å². The van der Waals surface area contributed by atoms with E-state index in [0.29, 0.717) is 18.7 Å². The third-order valence-corrected chi connectivity index (χ3v) is 3.07. The largest absolute Gasteiger partial charge is 0.508 e. The molecule has 2 N–H and O–H groups in total. The Kier molecular flexibility index (Phi) is 5.21. The van der Waals surface area contributed by atoms with Crippen molar-refractivity contribution in [2.24, 2.45) is 0 Å². The van der Waals surface area contributed by atoms with Gasteiger partial charge in [0.2, 0.25) is 0 Å². The summed E-state index contributed by atoms with van der Waals surface area (Å²) < 4.78 is 5.41. The molecule has 21 heavy (non-hydrogen) atoms. The van der Waals surface area contributed by atoms with Crippen molar-refractivity contribution in [3.63, 3.8) is 0 Å². The van der Waals surface area contributed by atoms with Crippen molar-refractivity contribution in [1.29, 1.82) is 0 Å². The van der Waals surface area contributed by atoms with Crippen LogP contribution < -0.4 is 10.1 Å². The van der Waals surface area contributed by atoms with Gasteiger partial charge in [0.15, 0.2) is 6.61 Å². The van der Waals surface area contributed by atoms with Gasteiger partial charge >= 0.3 is 0 Å². The van der Waals surface area contributed by atoms with Crippen LogP contribution in [-0.2, 0) is 11.2 Å². The first-order chi connectivity index (χ1) is 10.1. The zero-order valence-electron chi connectivity index (χ0n) is 12.0. The van der Waals surface area contributed by atoms with Crippen LogP contribution in [0.3, 0.4) is 0 Å².